The number of likely N-dealkylation sites (tertiary alicyclic amines) is 1. The molecule has 4 heterocycles. The predicted octanol–water partition coefficient (Wildman–Crippen LogP) is 6.48. The maximum atomic E-state index is 13.4. The molecule has 0 aliphatic carbocycles. The first-order valence-electron chi connectivity index (χ1n) is 22.3. The molecule has 4 aromatic rings. The van der Waals surface area contributed by atoms with E-state index in [1.165, 1.54) is 11.8 Å². The van der Waals surface area contributed by atoms with Crippen LogP contribution in [-0.2, 0) is 24.2 Å². The minimum absolute atomic E-state index is 0.0493. The average molecular weight is 943 g/mol. The number of amides is 5. The van der Waals surface area contributed by atoms with Gasteiger partial charge in [-0.3, -0.25) is 39.1 Å². The largest absolute Gasteiger partial charge is 0.489 e. The number of aromatic nitrogens is 2. The lowest BCUT2D eigenvalue weighted by molar-refractivity contribution is -0.136. The predicted molar refractivity (Wildman–Crippen MR) is 252 cm³/mol. The van der Waals surface area contributed by atoms with E-state index in [-0.39, 0.29) is 63.6 Å². The number of fused-ring (bicyclic) bond motifs is 1. The topological polar surface area (TPSA) is 221 Å². The summed E-state index contributed by atoms with van der Waals surface area (Å²) in [4.78, 5) is 75.8. The lowest BCUT2D eigenvalue weighted by Crippen LogP contribution is -2.54. The summed E-state index contributed by atoms with van der Waals surface area (Å²) in [5.41, 5.74) is 4.18. The number of halogens is 1. The molecule has 3 aliphatic rings. The zero-order valence-electron chi connectivity index (χ0n) is 37.7. The number of ether oxygens (including phenoxy) is 1. The van der Waals surface area contributed by atoms with Crippen LogP contribution in [0, 0.1) is 6.92 Å². The Morgan fingerprint density at radius 2 is 1.64 bits per heavy atom. The summed E-state index contributed by atoms with van der Waals surface area (Å²) in [6.45, 7) is 12.0. The Morgan fingerprint density at radius 1 is 0.909 bits per heavy atom. The number of aryl methyl sites for hydroxylation is 1. The van der Waals surface area contributed by atoms with E-state index < -0.39 is 44.8 Å². The van der Waals surface area contributed by atoms with E-state index >= 15 is 0 Å². The zero-order chi connectivity index (χ0) is 47.3. The maximum absolute atomic E-state index is 13.4. The van der Waals surface area contributed by atoms with Gasteiger partial charge in [0.25, 0.3) is 11.8 Å². The molecule has 1 unspecified atom stereocenters. The van der Waals surface area contributed by atoms with Gasteiger partial charge in [-0.2, -0.15) is 4.98 Å². The number of sulfone groups is 1. The van der Waals surface area contributed by atoms with E-state index in [9.17, 15) is 32.4 Å². The Bertz CT molecular complexity index is 2640. The normalized spacial score (nSPS) is 17.0. The summed E-state index contributed by atoms with van der Waals surface area (Å²) >= 11 is 6.50. The van der Waals surface area contributed by atoms with E-state index in [0.717, 1.165) is 36.4 Å². The smallest absolute Gasteiger partial charge is 0.264 e. The van der Waals surface area contributed by atoms with Gasteiger partial charge in [0.15, 0.2) is 15.7 Å². The second kappa shape index (κ2) is 20.6. The summed E-state index contributed by atoms with van der Waals surface area (Å²) in [5.74, 6) is -0.871. The molecule has 350 valence electrons. The molecule has 2 saturated heterocycles. The van der Waals surface area contributed by atoms with Gasteiger partial charge in [0, 0.05) is 25.2 Å². The van der Waals surface area contributed by atoms with Crippen molar-refractivity contribution in [3.63, 3.8) is 0 Å². The molecule has 0 spiro atoms. The van der Waals surface area contributed by atoms with Crippen molar-refractivity contribution in [2.75, 3.05) is 48.7 Å². The molecule has 5 N–H and O–H groups in total. The fourth-order valence-corrected chi connectivity index (χ4v) is 9.79. The fourth-order valence-electron chi connectivity index (χ4n) is 8.45. The lowest BCUT2D eigenvalue weighted by atomic mass is 9.86. The number of carbonyl (C=O) groups is 5. The Hall–Kier alpha value is -6.11. The summed E-state index contributed by atoms with van der Waals surface area (Å²) in [5, 5.41) is 14.5. The van der Waals surface area contributed by atoms with Crippen LogP contribution in [0.3, 0.4) is 0 Å². The fraction of sp³-hybridized carbons (Fsp3) is 0.426. The summed E-state index contributed by atoms with van der Waals surface area (Å²) in [6.07, 6.45) is 4.57. The number of piperidine rings is 2. The van der Waals surface area contributed by atoms with E-state index in [4.69, 9.17) is 16.3 Å². The van der Waals surface area contributed by atoms with Gasteiger partial charge in [0.1, 0.15) is 16.8 Å². The van der Waals surface area contributed by atoms with Gasteiger partial charge in [-0.05, 0) is 133 Å². The van der Waals surface area contributed by atoms with Crippen LogP contribution in [0.1, 0.15) is 104 Å². The number of nitrogens with one attached hydrogen (secondary N) is 5. The molecule has 1 aromatic heterocycles. The number of benzene rings is 3. The Balaban J connectivity index is 0.887. The number of nitrogens with zero attached hydrogens (tertiary/aromatic N) is 4. The molecular weight excluding hydrogens is 886 g/mol. The Kier molecular flexibility index (Phi) is 14.9. The molecule has 1 atom stereocenters. The number of imide groups is 2. The van der Waals surface area contributed by atoms with Crippen LogP contribution in [0.15, 0.2) is 65.7 Å². The van der Waals surface area contributed by atoms with Crippen molar-refractivity contribution in [2.45, 2.75) is 101 Å². The minimum atomic E-state index is -3.59. The van der Waals surface area contributed by atoms with Crippen LogP contribution in [-0.4, -0.2) is 108 Å². The van der Waals surface area contributed by atoms with Gasteiger partial charge in [-0.25, -0.2) is 13.4 Å². The number of anilines is 5. The van der Waals surface area contributed by atoms with Gasteiger partial charge >= 0.3 is 0 Å². The SMILES string of the molecule is Cc1cc(Nc2ncc(Cl)c(Nc3ccccc3S(=O)(=O)C(C)C)n2)c(OC(C)C)cc1C1CCN(CC(=O)NCCCCNc2cccc3c2C(=O)N(C2CCC(=O)NC2=O)C3=O)CC1. The number of hydrogen-bond acceptors (Lipinski definition) is 14. The van der Waals surface area contributed by atoms with Crippen LogP contribution in [0.4, 0.5) is 28.8 Å². The third-order valence-electron chi connectivity index (χ3n) is 11.9. The molecule has 0 bridgehead atoms. The molecule has 5 amide bonds. The van der Waals surface area contributed by atoms with E-state index in [1.54, 1.807) is 56.3 Å². The first kappa shape index (κ1) is 47.8. The van der Waals surface area contributed by atoms with Crippen molar-refractivity contribution in [1.29, 1.82) is 0 Å². The van der Waals surface area contributed by atoms with Crippen LogP contribution in [0.2, 0.25) is 5.02 Å². The second-order valence-corrected chi connectivity index (χ2v) is 20.2. The van der Waals surface area contributed by atoms with Crippen molar-refractivity contribution in [1.82, 2.24) is 30.4 Å². The van der Waals surface area contributed by atoms with Gasteiger partial charge in [-0.15, -0.1) is 0 Å². The number of hydrogen-bond donors (Lipinski definition) is 5. The van der Waals surface area contributed by atoms with E-state index in [2.05, 4.69) is 54.4 Å². The highest BCUT2D eigenvalue weighted by molar-refractivity contribution is 7.92. The highest BCUT2D eigenvalue weighted by Crippen LogP contribution is 2.39. The molecule has 19 heteroatoms. The van der Waals surface area contributed by atoms with Crippen molar-refractivity contribution in [2.24, 2.45) is 0 Å². The van der Waals surface area contributed by atoms with Crippen molar-refractivity contribution in [3.05, 3.63) is 88.1 Å². The van der Waals surface area contributed by atoms with Gasteiger partial charge in [0.2, 0.25) is 23.7 Å². The Labute approximate surface area is 389 Å². The highest BCUT2D eigenvalue weighted by Gasteiger charge is 2.45. The third kappa shape index (κ3) is 10.8. The molecule has 3 aromatic carbocycles. The minimum Gasteiger partial charge on any atom is -0.489 e. The number of para-hydroxylation sites is 1. The summed E-state index contributed by atoms with van der Waals surface area (Å²) < 4.78 is 32.5. The van der Waals surface area contributed by atoms with Gasteiger partial charge in [-0.1, -0.05) is 29.8 Å². The molecule has 3 aliphatic heterocycles. The van der Waals surface area contributed by atoms with Crippen LogP contribution in [0.5, 0.6) is 5.75 Å². The molecule has 17 nitrogen and oxygen atoms in total. The van der Waals surface area contributed by atoms with E-state index in [1.807, 2.05) is 19.9 Å². The zero-order valence-corrected chi connectivity index (χ0v) is 39.3. The first-order chi connectivity index (χ1) is 31.5. The Morgan fingerprint density at radius 3 is 2.36 bits per heavy atom. The van der Waals surface area contributed by atoms with Crippen LogP contribution >= 0.6 is 11.6 Å². The molecule has 66 heavy (non-hydrogen) atoms. The molecule has 7 rings (SSSR count). The molecular formula is C47H56ClN9O8S. The summed E-state index contributed by atoms with van der Waals surface area (Å²) in [7, 11) is -3.59. The molecule has 0 saturated carbocycles. The van der Waals surface area contributed by atoms with Crippen molar-refractivity contribution >= 4 is 79.8 Å². The standard InChI is InChI=1S/C47H56ClN9O8S/c1-27(2)65-38-24-32(29(5)23-36(38)53-47-51-25-33(48)43(55-47)52-34-12-6-7-14-39(34)66(63,64)28(3)4)30-17-21-56(22-18-30)26-41(59)50-20-9-8-19-49-35-13-10-11-31-42(35)46(62)57(45(31)61)37-15-16-40(58)54-44(37)60/h6-7,10-14,23-25,27-28,30,37,49H,8-9,15-22,26H2,1-5H3,(H,50,59)(H,54,58,60)(H2,51,52,53,55). The number of rotatable bonds is 18. The molecule has 2 fully saturated rings. The highest BCUT2D eigenvalue weighted by atomic mass is 35.5. The van der Waals surface area contributed by atoms with E-state index in [0.29, 0.717) is 55.3 Å². The first-order valence-corrected chi connectivity index (χ1v) is 24.2. The second-order valence-electron chi connectivity index (χ2n) is 17.3. The van der Waals surface area contributed by atoms with Gasteiger partial charge in [0.05, 0.1) is 51.5 Å². The lowest BCUT2D eigenvalue weighted by Gasteiger charge is -2.33. The monoisotopic (exact) mass is 941 g/mol. The average Bonchev–Trinajstić information content (AvgIpc) is 3.53. The van der Waals surface area contributed by atoms with Crippen LogP contribution in [0.25, 0.3) is 0 Å². The quantitative estimate of drug-likeness (QED) is 0.0532. The number of carbonyl (C=O) groups excluding carboxylic acids is 5. The summed E-state index contributed by atoms with van der Waals surface area (Å²) in [6, 6.07) is 14.6. The van der Waals surface area contributed by atoms with Crippen LogP contribution < -0.4 is 31.3 Å². The number of unbranched alkanes of at least 4 members (excludes halogenated alkanes) is 1. The van der Waals surface area contributed by atoms with Crippen molar-refractivity contribution in [3.8, 4) is 5.75 Å². The third-order valence-corrected chi connectivity index (χ3v) is 14.4. The molecule has 0 radical (unpaired) electrons. The van der Waals surface area contributed by atoms with Crippen molar-refractivity contribution < 1.29 is 37.1 Å². The maximum Gasteiger partial charge on any atom is 0.264 e. The van der Waals surface area contributed by atoms with Gasteiger partial charge < -0.3 is 26.0 Å².